The Labute approximate surface area is 124 Å². The van der Waals surface area contributed by atoms with Gasteiger partial charge in [0.25, 0.3) is 0 Å². The molecular formula is C16H20ClN3. The third kappa shape index (κ3) is 3.05. The van der Waals surface area contributed by atoms with Crippen molar-refractivity contribution in [3.63, 3.8) is 0 Å². The molecule has 0 radical (unpaired) electrons. The first-order valence-corrected chi connectivity index (χ1v) is 7.56. The maximum Gasteiger partial charge on any atom is 0.0492 e. The minimum atomic E-state index is 0.646. The molecule has 3 nitrogen and oxygen atoms in total. The molecule has 0 unspecified atom stereocenters. The molecule has 0 aliphatic heterocycles. The van der Waals surface area contributed by atoms with Crippen molar-refractivity contribution in [2.24, 2.45) is 7.05 Å². The number of aromatic nitrogens is 2. The van der Waals surface area contributed by atoms with Crippen LogP contribution in [0.25, 0.3) is 0 Å². The van der Waals surface area contributed by atoms with Crippen LogP contribution in [0, 0.1) is 0 Å². The summed E-state index contributed by atoms with van der Waals surface area (Å²) >= 11 is 6.04. The number of hydrogen-bond acceptors (Lipinski definition) is 2. The molecule has 1 fully saturated rings. The van der Waals surface area contributed by atoms with Gasteiger partial charge in [0.2, 0.25) is 0 Å². The van der Waals surface area contributed by atoms with Gasteiger partial charge in [-0.2, -0.15) is 5.10 Å². The molecule has 106 valence electrons. The molecule has 1 aliphatic rings. The van der Waals surface area contributed by atoms with E-state index in [0.29, 0.717) is 12.0 Å². The summed E-state index contributed by atoms with van der Waals surface area (Å²) in [6, 6.07) is 11.0. The van der Waals surface area contributed by atoms with Crippen LogP contribution in [0.3, 0.4) is 0 Å². The van der Waals surface area contributed by atoms with Gasteiger partial charge in [-0.25, -0.2) is 0 Å². The molecule has 0 spiro atoms. The molecule has 20 heavy (non-hydrogen) atoms. The fourth-order valence-corrected chi connectivity index (χ4v) is 3.07. The molecule has 1 aromatic carbocycles. The Morgan fingerprint density at radius 2 is 2.20 bits per heavy atom. The lowest BCUT2D eigenvalue weighted by atomic mass is 9.76. The number of nitrogens with zero attached hydrogens (tertiary/aromatic N) is 2. The van der Waals surface area contributed by atoms with Crippen LogP contribution in [0.1, 0.15) is 30.0 Å². The molecule has 4 heteroatoms. The highest BCUT2D eigenvalue weighted by Gasteiger charge is 2.29. The van der Waals surface area contributed by atoms with Gasteiger partial charge in [0.05, 0.1) is 0 Å². The Morgan fingerprint density at radius 1 is 1.35 bits per heavy atom. The van der Waals surface area contributed by atoms with E-state index >= 15 is 0 Å². The van der Waals surface area contributed by atoms with Gasteiger partial charge in [-0.1, -0.05) is 23.7 Å². The summed E-state index contributed by atoms with van der Waals surface area (Å²) in [6.45, 7) is 1.02. The lowest BCUT2D eigenvalue weighted by Crippen LogP contribution is -2.41. The Morgan fingerprint density at radius 3 is 2.90 bits per heavy atom. The normalized spacial score (nSPS) is 21.7. The highest BCUT2D eigenvalue weighted by atomic mass is 35.5. The minimum Gasteiger partial charge on any atom is -0.314 e. The predicted molar refractivity (Wildman–Crippen MR) is 82.1 cm³/mol. The fourth-order valence-electron chi connectivity index (χ4n) is 2.87. The van der Waals surface area contributed by atoms with Crippen molar-refractivity contribution in [1.29, 1.82) is 0 Å². The third-order valence-electron chi connectivity index (χ3n) is 4.19. The molecule has 1 saturated carbocycles. The second kappa shape index (κ2) is 5.98. The Balaban J connectivity index is 1.41. The molecule has 2 aromatic rings. The van der Waals surface area contributed by atoms with Crippen LogP contribution < -0.4 is 5.32 Å². The molecule has 1 N–H and O–H groups in total. The number of hydrogen-bond donors (Lipinski definition) is 1. The van der Waals surface area contributed by atoms with E-state index in [2.05, 4.69) is 28.6 Å². The summed E-state index contributed by atoms with van der Waals surface area (Å²) in [5.74, 6) is 0.669. The maximum absolute atomic E-state index is 6.04. The van der Waals surface area contributed by atoms with Gasteiger partial charge in [-0.3, -0.25) is 4.68 Å². The number of rotatable bonds is 5. The van der Waals surface area contributed by atoms with Crippen molar-refractivity contribution in [3.05, 3.63) is 52.8 Å². The monoisotopic (exact) mass is 289 g/mol. The average Bonchev–Trinajstić information content (AvgIpc) is 2.78. The van der Waals surface area contributed by atoms with Gasteiger partial charge in [-0.05, 0) is 42.5 Å². The van der Waals surface area contributed by atoms with Gasteiger partial charge in [0.1, 0.15) is 0 Å². The van der Waals surface area contributed by atoms with Gasteiger partial charge in [0.15, 0.2) is 0 Å². The van der Waals surface area contributed by atoms with Crippen LogP contribution in [0.15, 0.2) is 36.5 Å². The highest BCUT2D eigenvalue weighted by Crippen LogP contribution is 2.37. The van der Waals surface area contributed by atoms with Crippen molar-refractivity contribution in [2.45, 2.75) is 31.2 Å². The molecule has 0 bridgehead atoms. The third-order valence-corrected chi connectivity index (χ3v) is 4.43. The van der Waals surface area contributed by atoms with Crippen molar-refractivity contribution in [2.75, 3.05) is 6.54 Å². The van der Waals surface area contributed by atoms with E-state index in [9.17, 15) is 0 Å². The van der Waals surface area contributed by atoms with Crippen LogP contribution in [0.4, 0.5) is 0 Å². The second-order valence-electron chi connectivity index (χ2n) is 5.57. The Hall–Kier alpha value is -1.32. The smallest absolute Gasteiger partial charge is 0.0492 e. The summed E-state index contributed by atoms with van der Waals surface area (Å²) in [6.07, 6.45) is 5.32. The van der Waals surface area contributed by atoms with E-state index in [1.807, 2.05) is 30.1 Å². The Bertz CT molecular complexity index is 573. The number of benzene rings is 1. The van der Waals surface area contributed by atoms with Crippen molar-refractivity contribution in [1.82, 2.24) is 15.1 Å². The van der Waals surface area contributed by atoms with E-state index in [4.69, 9.17) is 11.6 Å². The molecule has 1 aromatic heterocycles. The molecule has 0 amide bonds. The predicted octanol–water partition coefficient (Wildman–Crippen LogP) is 3.15. The zero-order valence-electron chi connectivity index (χ0n) is 11.7. The van der Waals surface area contributed by atoms with E-state index in [1.165, 1.54) is 24.1 Å². The number of halogens is 1. The molecule has 0 saturated heterocycles. The van der Waals surface area contributed by atoms with Gasteiger partial charge >= 0.3 is 0 Å². The zero-order chi connectivity index (χ0) is 13.9. The SMILES string of the molecule is Cn1nccc1CCNC1CC(c2cccc(Cl)c2)C1. The average molecular weight is 290 g/mol. The zero-order valence-corrected chi connectivity index (χ0v) is 12.5. The topological polar surface area (TPSA) is 29.9 Å². The standard InChI is InChI=1S/C16H20ClN3/c1-20-16(6-8-19-20)5-7-18-15-10-13(11-15)12-3-2-4-14(17)9-12/h2-4,6,8-9,13,15,18H,5,7,10-11H2,1H3. The van der Waals surface area contributed by atoms with Crippen LogP contribution >= 0.6 is 11.6 Å². The van der Waals surface area contributed by atoms with Crippen molar-refractivity contribution < 1.29 is 0 Å². The molecule has 0 atom stereocenters. The van der Waals surface area contributed by atoms with Gasteiger partial charge in [0, 0.05) is 43.0 Å². The lowest BCUT2D eigenvalue weighted by Gasteiger charge is -2.36. The second-order valence-corrected chi connectivity index (χ2v) is 6.01. The first-order chi connectivity index (χ1) is 9.72. The summed E-state index contributed by atoms with van der Waals surface area (Å²) in [5, 5.41) is 8.65. The van der Waals surface area contributed by atoms with E-state index < -0.39 is 0 Å². The molecule has 1 heterocycles. The van der Waals surface area contributed by atoms with E-state index in [0.717, 1.165) is 18.0 Å². The first kappa shape index (κ1) is 13.7. The molecule has 3 rings (SSSR count). The highest BCUT2D eigenvalue weighted by molar-refractivity contribution is 6.30. The summed E-state index contributed by atoms with van der Waals surface area (Å²) in [4.78, 5) is 0. The van der Waals surface area contributed by atoms with Crippen molar-refractivity contribution in [3.8, 4) is 0 Å². The molecular weight excluding hydrogens is 270 g/mol. The maximum atomic E-state index is 6.04. The number of aryl methyl sites for hydroxylation is 1. The van der Waals surface area contributed by atoms with Crippen LogP contribution in [0.5, 0.6) is 0 Å². The van der Waals surface area contributed by atoms with Gasteiger partial charge in [-0.15, -0.1) is 0 Å². The molecule has 1 aliphatic carbocycles. The Kier molecular flexibility index (Phi) is 4.08. The minimum absolute atomic E-state index is 0.646. The van der Waals surface area contributed by atoms with Gasteiger partial charge < -0.3 is 5.32 Å². The lowest BCUT2D eigenvalue weighted by molar-refractivity contribution is 0.292. The number of nitrogens with one attached hydrogen (secondary N) is 1. The van der Waals surface area contributed by atoms with Crippen LogP contribution in [-0.4, -0.2) is 22.4 Å². The summed E-state index contributed by atoms with van der Waals surface area (Å²) < 4.78 is 1.94. The summed E-state index contributed by atoms with van der Waals surface area (Å²) in [7, 11) is 1.99. The van der Waals surface area contributed by atoms with E-state index in [1.54, 1.807) is 0 Å². The largest absolute Gasteiger partial charge is 0.314 e. The quantitative estimate of drug-likeness (QED) is 0.916. The summed E-state index contributed by atoms with van der Waals surface area (Å²) in [5.41, 5.74) is 2.66. The fraction of sp³-hybridized carbons (Fsp3) is 0.438. The van der Waals surface area contributed by atoms with Crippen LogP contribution in [0.2, 0.25) is 5.02 Å². The van der Waals surface area contributed by atoms with Crippen molar-refractivity contribution >= 4 is 11.6 Å². The van der Waals surface area contributed by atoms with Crippen LogP contribution in [-0.2, 0) is 13.5 Å². The first-order valence-electron chi connectivity index (χ1n) is 7.18. The van der Waals surface area contributed by atoms with E-state index in [-0.39, 0.29) is 0 Å².